The fourth-order valence-corrected chi connectivity index (χ4v) is 5.44. The number of carbonyl (C=O) groups excluding carboxylic acids is 1. The summed E-state index contributed by atoms with van der Waals surface area (Å²) in [6.07, 6.45) is 4.66. The minimum absolute atomic E-state index is 0.0328. The second kappa shape index (κ2) is 13.0. The number of aromatic nitrogens is 3. The molecular weight excluding hydrogens is 591 g/mol. The van der Waals surface area contributed by atoms with Gasteiger partial charge in [0.2, 0.25) is 5.43 Å². The number of nitrogens with zero attached hydrogens (tertiary/aromatic N) is 4. The van der Waals surface area contributed by atoms with Crippen LogP contribution in [0, 0.1) is 12.7 Å². The Morgan fingerprint density at radius 2 is 1.67 bits per heavy atom. The number of halogens is 1. The molecule has 6 rings (SSSR count). The minimum atomic E-state index is -0.705. The maximum atomic E-state index is 15.5. The summed E-state index contributed by atoms with van der Waals surface area (Å²) in [6, 6.07) is 16.7. The number of methoxy groups -OCH3 is 2. The highest BCUT2D eigenvalue weighted by molar-refractivity contribution is 6.04. The zero-order valence-electron chi connectivity index (χ0n) is 26.0. The molecule has 0 saturated carbocycles. The lowest BCUT2D eigenvalue weighted by Gasteiger charge is -2.25. The van der Waals surface area contributed by atoms with E-state index in [4.69, 9.17) is 18.9 Å². The Hall–Kier alpha value is -5.29. The van der Waals surface area contributed by atoms with Crippen molar-refractivity contribution in [2.45, 2.75) is 25.8 Å². The van der Waals surface area contributed by atoms with E-state index < -0.39 is 17.2 Å². The van der Waals surface area contributed by atoms with Crippen LogP contribution >= 0.6 is 0 Å². The lowest BCUT2D eigenvalue weighted by atomic mass is 10.0. The zero-order chi connectivity index (χ0) is 32.4. The fourth-order valence-electron chi connectivity index (χ4n) is 5.44. The van der Waals surface area contributed by atoms with Crippen LogP contribution in [0.25, 0.3) is 22.0 Å². The summed E-state index contributed by atoms with van der Waals surface area (Å²) >= 11 is 0. The van der Waals surface area contributed by atoms with Crippen molar-refractivity contribution in [2.75, 3.05) is 39.4 Å². The van der Waals surface area contributed by atoms with Crippen molar-refractivity contribution in [1.82, 2.24) is 14.8 Å². The van der Waals surface area contributed by atoms with Gasteiger partial charge in [0.15, 0.2) is 28.8 Å². The predicted octanol–water partition coefficient (Wildman–Crippen LogP) is 6.34. The Labute approximate surface area is 264 Å². The third-order valence-corrected chi connectivity index (χ3v) is 8.10. The van der Waals surface area contributed by atoms with Crippen molar-refractivity contribution in [1.29, 1.82) is 0 Å². The number of hydrogen-bond acceptors (Lipinski definition) is 8. The summed E-state index contributed by atoms with van der Waals surface area (Å²) < 4.78 is 39.4. The molecule has 0 radical (unpaired) electrons. The van der Waals surface area contributed by atoms with Gasteiger partial charge in [0, 0.05) is 61.4 Å². The summed E-state index contributed by atoms with van der Waals surface area (Å²) in [5.74, 6) is -0.0975. The van der Waals surface area contributed by atoms with Gasteiger partial charge >= 0.3 is 0 Å². The molecule has 10 nitrogen and oxygen atoms in total. The minimum Gasteiger partial charge on any atom is -0.493 e. The number of aryl methyl sites for hydroxylation is 1. The second-order valence-electron chi connectivity index (χ2n) is 11.0. The van der Waals surface area contributed by atoms with Crippen molar-refractivity contribution in [2.24, 2.45) is 0 Å². The van der Waals surface area contributed by atoms with Crippen LogP contribution in [0.1, 0.15) is 34.9 Å². The molecule has 1 fully saturated rings. The van der Waals surface area contributed by atoms with Gasteiger partial charge in [0.05, 0.1) is 25.8 Å². The SMILES string of the molecule is COc1cc2nccc(Oc3ccc(N(C)C(=O)c4nn(C5CCOCC5)cc(-c5ccc(C)cc5)c4=O)cc3F)c2cc1OC. The number of pyridine rings is 1. The second-order valence-corrected chi connectivity index (χ2v) is 11.0. The molecule has 1 saturated heterocycles. The van der Waals surface area contributed by atoms with Crippen LogP contribution in [0.3, 0.4) is 0 Å². The molecule has 0 aliphatic carbocycles. The number of benzene rings is 3. The maximum absolute atomic E-state index is 15.5. The average molecular weight is 625 g/mol. The van der Waals surface area contributed by atoms with Gasteiger partial charge in [0.1, 0.15) is 5.75 Å². The number of hydrogen-bond donors (Lipinski definition) is 0. The Morgan fingerprint density at radius 3 is 2.37 bits per heavy atom. The van der Waals surface area contributed by atoms with Gasteiger partial charge < -0.3 is 23.8 Å². The number of fused-ring (bicyclic) bond motifs is 1. The van der Waals surface area contributed by atoms with Gasteiger partial charge in [-0.25, -0.2) is 4.39 Å². The normalized spacial score (nSPS) is 13.4. The Balaban J connectivity index is 1.32. The number of carbonyl (C=O) groups is 1. The Morgan fingerprint density at radius 1 is 0.957 bits per heavy atom. The molecule has 5 aromatic rings. The Kier molecular flexibility index (Phi) is 8.67. The van der Waals surface area contributed by atoms with E-state index in [9.17, 15) is 9.59 Å². The molecule has 3 heterocycles. The first-order valence-corrected chi connectivity index (χ1v) is 14.8. The lowest BCUT2D eigenvalue weighted by molar-refractivity contribution is 0.0655. The van der Waals surface area contributed by atoms with E-state index in [2.05, 4.69) is 10.1 Å². The molecule has 0 unspecified atom stereocenters. The van der Waals surface area contributed by atoms with Crippen LogP contribution in [-0.2, 0) is 4.74 Å². The lowest BCUT2D eigenvalue weighted by Crippen LogP contribution is -2.35. The van der Waals surface area contributed by atoms with E-state index in [-0.39, 0.29) is 23.2 Å². The van der Waals surface area contributed by atoms with Gasteiger partial charge in [0.25, 0.3) is 5.91 Å². The topological polar surface area (TPSA) is 105 Å². The third kappa shape index (κ3) is 6.01. The molecule has 1 aliphatic heterocycles. The first-order valence-electron chi connectivity index (χ1n) is 14.8. The molecular formula is C35H33FN4O6. The van der Waals surface area contributed by atoms with Crippen LogP contribution in [0.4, 0.5) is 10.1 Å². The van der Waals surface area contributed by atoms with E-state index in [1.165, 1.54) is 38.3 Å². The largest absolute Gasteiger partial charge is 0.493 e. The summed E-state index contributed by atoms with van der Waals surface area (Å²) in [5.41, 5.74) is 2.14. The van der Waals surface area contributed by atoms with Gasteiger partial charge in [-0.15, -0.1) is 0 Å². The molecule has 2 aromatic heterocycles. The number of anilines is 1. The monoisotopic (exact) mass is 624 g/mol. The highest BCUT2D eigenvalue weighted by atomic mass is 19.1. The van der Waals surface area contributed by atoms with E-state index in [0.717, 1.165) is 5.56 Å². The number of ether oxygens (including phenoxy) is 4. The quantitative estimate of drug-likeness (QED) is 0.197. The molecule has 3 aromatic carbocycles. The van der Waals surface area contributed by atoms with Crippen LogP contribution < -0.4 is 24.5 Å². The maximum Gasteiger partial charge on any atom is 0.282 e. The number of amides is 1. The summed E-state index contributed by atoms with van der Waals surface area (Å²) in [4.78, 5) is 33.1. The molecule has 0 spiro atoms. The van der Waals surface area contributed by atoms with Crippen LogP contribution in [0.2, 0.25) is 0 Å². The molecule has 1 amide bonds. The van der Waals surface area contributed by atoms with Gasteiger partial charge in [-0.05, 0) is 49.6 Å². The summed E-state index contributed by atoms with van der Waals surface area (Å²) in [6.45, 7) is 3.09. The van der Waals surface area contributed by atoms with E-state index in [1.54, 1.807) is 41.3 Å². The number of rotatable bonds is 8. The highest BCUT2D eigenvalue weighted by Gasteiger charge is 2.26. The van der Waals surface area contributed by atoms with Crippen molar-refractivity contribution in [3.63, 3.8) is 0 Å². The van der Waals surface area contributed by atoms with E-state index >= 15 is 4.39 Å². The van der Waals surface area contributed by atoms with Crippen molar-refractivity contribution in [3.05, 3.63) is 100 Å². The van der Waals surface area contributed by atoms with Crippen molar-refractivity contribution >= 4 is 22.5 Å². The standard InChI is InChI=1S/C35H33FN4O6/c1-21-5-7-22(8-6-21)26-20-40(23-12-15-45-16-13-23)38-33(34(26)41)35(42)39(2)24-9-10-30(27(36)17-24)46-29-11-14-37-28-19-32(44-4)31(43-3)18-25(28)29/h5-11,14,17-20,23H,12-13,15-16H2,1-4H3. The Bertz CT molecular complexity index is 1970. The smallest absolute Gasteiger partial charge is 0.282 e. The molecule has 0 atom stereocenters. The molecule has 236 valence electrons. The average Bonchev–Trinajstić information content (AvgIpc) is 3.09. The van der Waals surface area contributed by atoms with Gasteiger partial charge in [-0.1, -0.05) is 29.8 Å². The van der Waals surface area contributed by atoms with Gasteiger partial charge in [-0.3, -0.25) is 19.3 Å². The summed E-state index contributed by atoms with van der Waals surface area (Å²) in [7, 11) is 4.53. The predicted molar refractivity (Wildman–Crippen MR) is 172 cm³/mol. The highest BCUT2D eigenvalue weighted by Crippen LogP contribution is 2.38. The van der Waals surface area contributed by atoms with Crippen LogP contribution in [-0.4, -0.2) is 55.2 Å². The van der Waals surface area contributed by atoms with Crippen molar-refractivity contribution < 1.29 is 28.1 Å². The van der Waals surface area contributed by atoms with E-state index in [0.29, 0.717) is 65.3 Å². The van der Waals surface area contributed by atoms with Crippen LogP contribution in [0.5, 0.6) is 23.0 Å². The van der Waals surface area contributed by atoms with Gasteiger partial charge in [-0.2, -0.15) is 5.10 Å². The summed E-state index contributed by atoms with van der Waals surface area (Å²) in [5, 5.41) is 5.11. The van der Waals surface area contributed by atoms with Crippen molar-refractivity contribution in [3.8, 4) is 34.1 Å². The molecule has 0 bridgehead atoms. The van der Waals surface area contributed by atoms with E-state index in [1.807, 2.05) is 31.2 Å². The first-order chi connectivity index (χ1) is 22.3. The molecule has 0 N–H and O–H groups in total. The van der Waals surface area contributed by atoms with Crippen LogP contribution in [0.15, 0.2) is 77.9 Å². The zero-order valence-corrected chi connectivity index (χ0v) is 26.0. The molecule has 11 heteroatoms. The molecule has 1 aliphatic rings. The molecule has 46 heavy (non-hydrogen) atoms. The fraction of sp³-hybridized carbons (Fsp3) is 0.257. The first kappa shape index (κ1) is 30.7. The third-order valence-electron chi connectivity index (χ3n) is 8.10.